The van der Waals surface area contributed by atoms with Crippen molar-refractivity contribution in [2.24, 2.45) is 0 Å². The van der Waals surface area contributed by atoms with E-state index in [9.17, 15) is 9.90 Å². The number of anilines is 1. The molecule has 0 saturated carbocycles. The average molecular weight is 310 g/mol. The topological polar surface area (TPSA) is 49.3 Å². The molecule has 0 fully saturated rings. The minimum absolute atomic E-state index is 0.0747. The van der Waals surface area contributed by atoms with Gasteiger partial charge in [0.05, 0.1) is 10.7 Å². The van der Waals surface area contributed by atoms with E-state index in [1.165, 1.54) is 6.07 Å². The van der Waals surface area contributed by atoms with E-state index in [4.69, 9.17) is 23.2 Å². The first kappa shape index (κ1) is 14.7. The minimum atomic E-state index is -0.359. The van der Waals surface area contributed by atoms with Crippen molar-refractivity contribution in [2.75, 3.05) is 5.32 Å². The highest BCUT2D eigenvalue weighted by Crippen LogP contribution is 2.29. The van der Waals surface area contributed by atoms with Gasteiger partial charge in [-0.1, -0.05) is 29.3 Å². The molecule has 0 bridgehead atoms. The highest BCUT2D eigenvalue weighted by molar-refractivity contribution is 6.36. The lowest BCUT2D eigenvalue weighted by Gasteiger charge is -2.10. The number of halogens is 2. The van der Waals surface area contributed by atoms with Crippen LogP contribution >= 0.6 is 23.2 Å². The van der Waals surface area contributed by atoms with Crippen molar-refractivity contribution in [2.45, 2.75) is 13.8 Å². The maximum atomic E-state index is 12.1. The van der Waals surface area contributed by atoms with Crippen LogP contribution in [0.5, 0.6) is 5.75 Å². The summed E-state index contributed by atoms with van der Waals surface area (Å²) < 4.78 is 0. The number of aryl methyl sites for hydroxylation is 2. The van der Waals surface area contributed by atoms with Gasteiger partial charge in [-0.2, -0.15) is 0 Å². The number of aromatic hydroxyl groups is 1. The van der Waals surface area contributed by atoms with E-state index in [0.717, 1.165) is 5.56 Å². The number of benzene rings is 2. The Morgan fingerprint density at radius 3 is 2.40 bits per heavy atom. The molecule has 20 heavy (non-hydrogen) atoms. The Balaban J connectivity index is 2.27. The maximum absolute atomic E-state index is 12.1. The lowest BCUT2D eigenvalue weighted by atomic mass is 10.1. The van der Waals surface area contributed by atoms with E-state index in [0.29, 0.717) is 26.9 Å². The molecule has 2 aromatic carbocycles. The average Bonchev–Trinajstić information content (AvgIpc) is 2.39. The monoisotopic (exact) mass is 309 g/mol. The number of hydrogen-bond acceptors (Lipinski definition) is 2. The highest BCUT2D eigenvalue weighted by atomic mass is 35.5. The summed E-state index contributed by atoms with van der Waals surface area (Å²) in [6, 6.07) is 8.01. The van der Waals surface area contributed by atoms with Gasteiger partial charge in [-0.3, -0.25) is 4.79 Å². The third-order valence-electron chi connectivity index (χ3n) is 2.97. The van der Waals surface area contributed by atoms with Crippen molar-refractivity contribution >= 4 is 34.8 Å². The summed E-state index contributed by atoms with van der Waals surface area (Å²) in [5.41, 5.74) is 2.33. The third kappa shape index (κ3) is 3.06. The van der Waals surface area contributed by atoms with Crippen LogP contribution in [0.25, 0.3) is 0 Å². The van der Waals surface area contributed by atoms with E-state index in [-0.39, 0.29) is 11.7 Å². The lowest BCUT2D eigenvalue weighted by molar-refractivity contribution is 0.102. The predicted molar refractivity (Wildman–Crippen MR) is 82.0 cm³/mol. The van der Waals surface area contributed by atoms with Crippen molar-refractivity contribution < 1.29 is 9.90 Å². The molecule has 0 spiro atoms. The van der Waals surface area contributed by atoms with Gasteiger partial charge < -0.3 is 10.4 Å². The first-order chi connectivity index (χ1) is 9.38. The van der Waals surface area contributed by atoms with E-state index in [1.54, 1.807) is 31.2 Å². The zero-order chi connectivity index (χ0) is 14.9. The number of carbonyl (C=O) groups is 1. The fourth-order valence-electron chi connectivity index (χ4n) is 1.69. The van der Waals surface area contributed by atoms with E-state index in [2.05, 4.69) is 5.32 Å². The molecule has 1 amide bonds. The van der Waals surface area contributed by atoms with Crippen molar-refractivity contribution in [3.63, 3.8) is 0 Å². The summed E-state index contributed by atoms with van der Waals surface area (Å²) in [6.07, 6.45) is 0. The number of rotatable bonds is 2. The lowest BCUT2D eigenvalue weighted by Crippen LogP contribution is -2.12. The van der Waals surface area contributed by atoms with Crippen LogP contribution in [0.15, 0.2) is 30.3 Å². The molecular weight excluding hydrogens is 297 g/mol. The fraction of sp³-hybridized carbons (Fsp3) is 0.133. The van der Waals surface area contributed by atoms with Crippen LogP contribution in [0.3, 0.4) is 0 Å². The van der Waals surface area contributed by atoms with Gasteiger partial charge in [0.2, 0.25) is 0 Å². The Labute approximate surface area is 127 Å². The van der Waals surface area contributed by atoms with Crippen LogP contribution in [-0.4, -0.2) is 11.0 Å². The first-order valence-electron chi connectivity index (χ1n) is 5.95. The second kappa shape index (κ2) is 5.73. The summed E-state index contributed by atoms with van der Waals surface area (Å²) in [4.78, 5) is 12.1. The predicted octanol–water partition coefficient (Wildman–Crippen LogP) is 4.57. The van der Waals surface area contributed by atoms with E-state index >= 15 is 0 Å². The van der Waals surface area contributed by atoms with Gasteiger partial charge in [0.15, 0.2) is 0 Å². The van der Waals surface area contributed by atoms with Crippen LogP contribution in [0.4, 0.5) is 5.69 Å². The molecule has 0 aliphatic heterocycles. The van der Waals surface area contributed by atoms with Crippen LogP contribution in [0.1, 0.15) is 21.5 Å². The van der Waals surface area contributed by atoms with Crippen LogP contribution < -0.4 is 5.32 Å². The number of carbonyl (C=O) groups excluding carboxylic acids is 1. The number of nitrogens with one attached hydrogen (secondary N) is 1. The van der Waals surface area contributed by atoms with Crippen LogP contribution in [0, 0.1) is 13.8 Å². The standard InChI is InChI=1S/C15H13Cl2NO2/c1-8-3-4-10(6-14(8)19)15(20)18-13-7-11(16)9(2)5-12(13)17/h3-7,19H,1-2H3,(H,18,20). The van der Waals surface area contributed by atoms with E-state index in [1.807, 2.05) is 6.92 Å². The molecule has 2 aromatic rings. The maximum Gasteiger partial charge on any atom is 0.255 e. The Kier molecular flexibility index (Phi) is 4.21. The first-order valence-corrected chi connectivity index (χ1v) is 6.70. The Bertz CT molecular complexity index is 684. The van der Waals surface area contributed by atoms with Crippen molar-refractivity contribution in [3.8, 4) is 5.75 Å². The second-order valence-electron chi connectivity index (χ2n) is 4.54. The van der Waals surface area contributed by atoms with Gasteiger partial charge in [-0.05, 0) is 49.2 Å². The number of phenolic OH excluding ortho intramolecular Hbond substituents is 1. The molecule has 0 aliphatic carbocycles. The quantitative estimate of drug-likeness (QED) is 0.853. The summed E-state index contributed by atoms with van der Waals surface area (Å²) in [7, 11) is 0. The third-order valence-corrected chi connectivity index (χ3v) is 3.69. The zero-order valence-electron chi connectivity index (χ0n) is 11.0. The van der Waals surface area contributed by atoms with Crippen molar-refractivity contribution in [1.82, 2.24) is 0 Å². The molecule has 3 nitrogen and oxygen atoms in total. The number of amides is 1. The SMILES string of the molecule is Cc1ccc(C(=O)Nc2cc(Cl)c(C)cc2Cl)cc1O. The molecule has 2 N–H and O–H groups in total. The summed E-state index contributed by atoms with van der Waals surface area (Å²) in [5, 5.41) is 13.2. The normalized spacial score (nSPS) is 10.4. The largest absolute Gasteiger partial charge is 0.508 e. The molecule has 5 heteroatoms. The Morgan fingerprint density at radius 2 is 1.75 bits per heavy atom. The number of phenols is 1. The second-order valence-corrected chi connectivity index (χ2v) is 5.35. The molecule has 0 heterocycles. The van der Waals surface area contributed by atoms with Gasteiger partial charge in [0.1, 0.15) is 5.75 Å². The molecule has 0 radical (unpaired) electrons. The van der Waals surface area contributed by atoms with Crippen LogP contribution in [0.2, 0.25) is 10.0 Å². The molecule has 0 atom stereocenters. The zero-order valence-corrected chi connectivity index (χ0v) is 12.5. The fourth-order valence-corrected chi connectivity index (χ4v) is 2.12. The van der Waals surface area contributed by atoms with Gasteiger partial charge in [0, 0.05) is 10.6 Å². The molecule has 0 saturated heterocycles. The molecular formula is C15H13Cl2NO2. The van der Waals surface area contributed by atoms with Gasteiger partial charge in [-0.25, -0.2) is 0 Å². The molecule has 0 aromatic heterocycles. The minimum Gasteiger partial charge on any atom is -0.508 e. The van der Waals surface area contributed by atoms with Crippen molar-refractivity contribution in [3.05, 3.63) is 57.1 Å². The van der Waals surface area contributed by atoms with Crippen molar-refractivity contribution in [1.29, 1.82) is 0 Å². The van der Waals surface area contributed by atoms with Crippen LogP contribution in [-0.2, 0) is 0 Å². The molecule has 104 valence electrons. The number of hydrogen-bond donors (Lipinski definition) is 2. The Hall–Kier alpha value is -1.71. The van der Waals surface area contributed by atoms with E-state index < -0.39 is 0 Å². The summed E-state index contributed by atoms with van der Waals surface area (Å²) in [5.74, 6) is -0.284. The summed E-state index contributed by atoms with van der Waals surface area (Å²) in [6.45, 7) is 3.59. The smallest absolute Gasteiger partial charge is 0.255 e. The molecule has 2 rings (SSSR count). The van der Waals surface area contributed by atoms with Gasteiger partial charge in [0.25, 0.3) is 5.91 Å². The van der Waals surface area contributed by atoms with Gasteiger partial charge in [-0.15, -0.1) is 0 Å². The molecule has 0 aliphatic rings. The van der Waals surface area contributed by atoms with Gasteiger partial charge >= 0.3 is 0 Å². The Morgan fingerprint density at radius 1 is 1.05 bits per heavy atom. The summed E-state index contributed by atoms with van der Waals surface area (Å²) >= 11 is 12.1. The molecule has 0 unspecified atom stereocenters. The highest BCUT2D eigenvalue weighted by Gasteiger charge is 2.11.